The second-order valence-corrected chi connectivity index (χ2v) is 9.22. The van der Waals surface area contributed by atoms with Gasteiger partial charge in [-0.25, -0.2) is 22.2 Å². The van der Waals surface area contributed by atoms with Crippen LogP contribution in [0.1, 0.15) is 55.2 Å². The van der Waals surface area contributed by atoms with Gasteiger partial charge in [-0.05, 0) is 49.6 Å². The first-order valence-electron chi connectivity index (χ1n) is 10.1. The summed E-state index contributed by atoms with van der Waals surface area (Å²) in [7, 11) is -3.91. The largest absolute Gasteiger partial charge is 0.433 e. The van der Waals surface area contributed by atoms with Crippen molar-refractivity contribution in [2.75, 3.05) is 11.0 Å². The van der Waals surface area contributed by atoms with Crippen LogP contribution in [0, 0.1) is 23.5 Å². The Bertz CT molecular complexity index is 1210. The monoisotopic (exact) mass is 503 g/mol. The maximum Gasteiger partial charge on any atom is 0.433 e. The van der Waals surface area contributed by atoms with E-state index in [1.54, 1.807) is 4.72 Å². The molecule has 6 nitrogen and oxygen atoms in total. The zero-order chi connectivity index (χ0) is 25.7. The van der Waals surface area contributed by atoms with Crippen LogP contribution in [-0.4, -0.2) is 25.6 Å². The number of halogens is 5. The normalized spacial score (nSPS) is 12.5. The lowest BCUT2D eigenvalue weighted by atomic mass is 10.1. The number of aryl methyl sites for hydroxylation is 1. The van der Waals surface area contributed by atoms with Gasteiger partial charge in [0.1, 0.15) is 11.4 Å². The molecule has 0 fully saturated rings. The van der Waals surface area contributed by atoms with Gasteiger partial charge in [0.2, 0.25) is 10.0 Å². The van der Waals surface area contributed by atoms with Crippen molar-refractivity contribution in [1.82, 2.24) is 10.3 Å². The van der Waals surface area contributed by atoms with Crippen LogP contribution in [0.5, 0.6) is 0 Å². The number of carbonyl (C=O) groups excluding carboxylic acids is 1. The number of sulfonamides is 1. The molecule has 2 N–H and O–H groups in total. The molecule has 0 radical (unpaired) electrons. The van der Waals surface area contributed by atoms with Crippen molar-refractivity contribution in [3.05, 3.63) is 58.4 Å². The van der Waals surface area contributed by atoms with Crippen molar-refractivity contribution < 1.29 is 35.2 Å². The summed E-state index contributed by atoms with van der Waals surface area (Å²) in [5.74, 6) is 1.55. The Labute approximate surface area is 194 Å². The molecule has 0 aliphatic carbocycles. The summed E-state index contributed by atoms with van der Waals surface area (Å²) in [6.45, 7) is 3.28. The average Bonchev–Trinajstić information content (AvgIpc) is 2.72. The lowest BCUT2D eigenvalue weighted by Gasteiger charge is -2.15. The summed E-state index contributed by atoms with van der Waals surface area (Å²) in [6, 6.07) is 2.72. The van der Waals surface area contributed by atoms with E-state index in [-0.39, 0.29) is 23.2 Å². The predicted octanol–water partition coefficient (Wildman–Crippen LogP) is 4.32. The molecule has 0 aliphatic rings. The molecular weight excluding hydrogens is 481 g/mol. The Hall–Kier alpha value is -3.20. The number of pyridine rings is 1. The predicted molar refractivity (Wildman–Crippen MR) is 116 cm³/mol. The minimum absolute atomic E-state index is 0.00373. The van der Waals surface area contributed by atoms with Crippen LogP contribution in [0.2, 0.25) is 0 Å². The number of alkyl halides is 3. The van der Waals surface area contributed by atoms with E-state index in [9.17, 15) is 35.2 Å². The van der Waals surface area contributed by atoms with Crippen molar-refractivity contribution in [3.63, 3.8) is 0 Å². The second kappa shape index (κ2) is 10.8. The van der Waals surface area contributed by atoms with Gasteiger partial charge in [-0.1, -0.05) is 19.3 Å². The molecule has 0 spiro atoms. The topological polar surface area (TPSA) is 88.2 Å². The van der Waals surface area contributed by atoms with E-state index in [0.717, 1.165) is 30.5 Å². The standard InChI is InChI=1S/C22H22F5N3O3S/c1-4-5-6-18-14(7-9-19(29-18)22(25,26)27)8-10-20(31)28-13(2)15-11-16(23)21(17(24)12-15)30-34(3,32)33/h7,9,11-13,30H,4-6H2,1-3H3,(H,28,31). The van der Waals surface area contributed by atoms with E-state index < -0.39 is 51.2 Å². The first-order valence-corrected chi connectivity index (χ1v) is 12.0. The molecule has 1 heterocycles. The summed E-state index contributed by atoms with van der Waals surface area (Å²) in [5.41, 5.74) is -1.62. The summed E-state index contributed by atoms with van der Waals surface area (Å²) in [4.78, 5) is 15.8. The number of rotatable bonds is 7. The molecule has 1 unspecified atom stereocenters. The van der Waals surface area contributed by atoms with Gasteiger partial charge >= 0.3 is 6.18 Å². The van der Waals surface area contributed by atoms with Gasteiger partial charge in [0.05, 0.1) is 18.0 Å². The molecule has 1 atom stereocenters. The summed E-state index contributed by atoms with van der Waals surface area (Å²) < 4.78 is 91.4. The second-order valence-electron chi connectivity index (χ2n) is 7.47. The van der Waals surface area contributed by atoms with Crippen LogP contribution in [0.15, 0.2) is 24.3 Å². The minimum atomic E-state index is -4.61. The van der Waals surface area contributed by atoms with E-state index in [4.69, 9.17) is 0 Å². The van der Waals surface area contributed by atoms with Gasteiger partial charge in [-0.15, -0.1) is 0 Å². The number of carbonyl (C=O) groups is 1. The van der Waals surface area contributed by atoms with Crippen LogP contribution in [0.25, 0.3) is 0 Å². The third-order valence-electron chi connectivity index (χ3n) is 4.54. The zero-order valence-corrected chi connectivity index (χ0v) is 19.3. The molecule has 184 valence electrons. The molecule has 0 saturated carbocycles. The highest BCUT2D eigenvalue weighted by Crippen LogP contribution is 2.28. The van der Waals surface area contributed by atoms with Crippen molar-refractivity contribution in [3.8, 4) is 11.8 Å². The van der Waals surface area contributed by atoms with E-state index in [1.807, 2.05) is 6.92 Å². The fourth-order valence-corrected chi connectivity index (χ4v) is 3.44. The quantitative estimate of drug-likeness (QED) is 0.435. The highest BCUT2D eigenvalue weighted by molar-refractivity contribution is 7.92. The van der Waals surface area contributed by atoms with Gasteiger partial charge in [0.25, 0.3) is 5.91 Å². The fourth-order valence-electron chi connectivity index (χ4n) is 2.87. The first kappa shape index (κ1) is 27.0. The highest BCUT2D eigenvalue weighted by Gasteiger charge is 2.32. The smallest absolute Gasteiger partial charge is 0.339 e. The third-order valence-corrected chi connectivity index (χ3v) is 5.12. The number of hydrogen-bond acceptors (Lipinski definition) is 4. The Morgan fingerprint density at radius 2 is 1.79 bits per heavy atom. The number of nitrogens with one attached hydrogen (secondary N) is 2. The van der Waals surface area contributed by atoms with Crippen LogP contribution >= 0.6 is 0 Å². The van der Waals surface area contributed by atoms with Gasteiger partial charge < -0.3 is 5.32 Å². The Morgan fingerprint density at radius 1 is 1.18 bits per heavy atom. The summed E-state index contributed by atoms with van der Waals surface area (Å²) >= 11 is 0. The molecule has 1 aromatic carbocycles. The zero-order valence-electron chi connectivity index (χ0n) is 18.5. The molecule has 0 saturated heterocycles. The Balaban J connectivity index is 2.22. The van der Waals surface area contributed by atoms with Crippen molar-refractivity contribution in [2.45, 2.75) is 45.3 Å². The molecule has 0 aliphatic heterocycles. The van der Waals surface area contributed by atoms with Crippen LogP contribution in [0.4, 0.5) is 27.6 Å². The Kier molecular flexibility index (Phi) is 8.61. The van der Waals surface area contributed by atoms with Crippen molar-refractivity contribution >= 4 is 21.6 Å². The molecule has 0 bridgehead atoms. The third kappa shape index (κ3) is 7.69. The average molecular weight is 503 g/mol. The van der Waals surface area contributed by atoms with Crippen LogP contribution < -0.4 is 10.0 Å². The van der Waals surface area contributed by atoms with Gasteiger partial charge in [0, 0.05) is 11.5 Å². The number of aromatic nitrogens is 1. The molecule has 12 heteroatoms. The number of unbranched alkanes of at least 4 members (excludes halogenated alkanes) is 1. The van der Waals surface area contributed by atoms with E-state index >= 15 is 0 Å². The minimum Gasteiger partial charge on any atom is -0.339 e. The lowest BCUT2D eigenvalue weighted by Crippen LogP contribution is -2.25. The van der Waals surface area contributed by atoms with Crippen LogP contribution in [-0.2, 0) is 27.4 Å². The number of nitrogens with zero attached hydrogens (tertiary/aromatic N) is 1. The van der Waals surface area contributed by atoms with E-state index in [0.29, 0.717) is 12.8 Å². The summed E-state index contributed by atoms with van der Waals surface area (Å²) in [6.07, 6.45) is -2.34. The number of hydrogen-bond donors (Lipinski definition) is 2. The van der Waals surface area contributed by atoms with Gasteiger partial charge in [-0.3, -0.25) is 9.52 Å². The molecule has 2 rings (SSSR count). The summed E-state index contributed by atoms with van der Waals surface area (Å²) in [5, 5.41) is 2.40. The van der Waals surface area contributed by atoms with E-state index in [2.05, 4.69) is 22.1 Å². The molecule has 2 aromatic rings. The molecule has 1 aromatic heterocycles. The Morgan fingerprint density at radius 3 is 2.32 bits per heavy atom. The molecular formula is C22H22F5N3O3S. The van der Waals surface area contributed by atoms with Crippen LogP contribution in [0.3, 0.4) is 0 Å². The lowest BCUT2D eigenvalue weighted by molar-refractivity contribution is -0.141. The van der Waals surface area contributed by atoms with Crippen molar-refractivity contribution in [2.24, 2.45) is 0 Å². The van der Waals surface area contributed by atoms with Gasteiger partial charge in [0.15, 0.2) is 11.6 Å². The van der Waals surface area contributed by atoms with Crippen molar-refractivity contribution in [1.29, 1.82) is 0 Å². The maximum atomic E-state index is 14.2. The number of amides is 1. The van der Waals surface area contributed by atoms with E-state index in [1.165, 1.54) is 6.92 Å². The van der Waals surface area contributed by atoms with Gasteiger partial charge in [-0.2, -0.15) is 13.2 Å². The SMILES string of the molecule is CCCCc1nc(C(F)(F)F)ccc1C#CC(=O)NC(C)c1cc(F)c(NS(C)(=O)=O)c(F)c1. The fraction of sp³-hybridized carbons (Fsp3) is 0.364. The number of benzene rings is 1. The highest BCUT2D eigenvalue weighted by atomic mass is 32.2. The molecule has 1 amide bonds. The first-order chi connectivity index (χ1) is 15.7. The maximum absolute atomic E-state index is 14.2. The molecule has 34 heavy (non-hydrogen) atoms. The number of anilines is 1.